The van der Waals surface area contributed by atoms with Crippen LogP contribution in [0.25, 0.3) is 0 Å². The van der Waals surface area contributed by atoms with Crippen molar-refractivity contribution in [2.24, 2.45) is 0 Å². The van der Waals surface area contributed by atoms with Crippen molar-refractivity contribution in [1.82, 2.24) is 4.98 Å². The number of carboxylic acids is 1. The van der Waals surface area contributed by atoms with E-state index in [0.29, 0.717) is 16.9 Å². The summed E-state index contributed by atoms with van der Waals surface area (Å²) in [5.74, 6) is -0.439. The fourth-order valence-corrected chi connectivity index (χ4v) is 1.63. The highest BCUT2D eigenvalue weighted by Gasteiger charge is 2.19. The van der Waals surface area contributed by atoms with Crippen LogP contribution in [0.2, 0.25) is 5.02 Å². The van der Waals surface area contributed by atoms with Gasteiger partial charge in [0.15, 0.2) is 0 Å². The number of anilines is 1. The lowest BCUT2D eigenvalue weighted by atomic mass is 9.93. The quantitative estimate of drug-likeness (QED) is 0.831. The van der Waals surface area contributed by atoms with Gasteiger partial charge in [-0.05, 0) is 25.3 Å². The smallest absolute Gasteiger partial charge is 0.337 e. The van der Waals surface area contributed by atoms with E-state index < -0.39 is 5.97 Å². The molecule has 80 valence electrons. The van der Waals surface area contributed by atoms with Gasteiger partial charge in [0.05, 0.1) is 10.6 Å². The number of carboxylic acid groups (broad SMARTS) is 1. The largest absolute Gasteiger partial charge is 0.478 e. The van der Waals surface area contributed by atoms with Crippen LogP contribution in [-0.2, 0) is 0 Å². The van der Waals surface area contributed by atoms with E-state index in [1.807, 2.05) is 0 Å². The molecule has 15 heavy (non-hydrogen) atoms. The van der Waals surface area contributed by atoms with Crippen LogP contribution >= 0.6 is 11.6 Å². The number of nitrogens with one attached hydrogen (secondary N) is 1. The van der Waals surface area contributed by atoms with Crippen molar-refractivity contribution in [3.8, 4) is 0 Å². The highest BCUT2D eigenvalue weighted by Crippen LogP contribution is 2.26. The maximum absolute atomic E-state index is 10.6. The molecule has 0 amide bonds. The molecule has 0 aliphatic heterocycles. The Kier molecular flexibility index (Phi) is 2.77. The van der Waals surface area contributed by atoms with Crippen molar-refractivity contribution in [3.63, 3.8) is 0 Å². The van der Waals surface area contributed by atoms with Crippen molar-refractivity contribution >= 4 is 23.4 Å². The lowest BCUT2D eigenvalue weighted by Gasteiger charge is -2.27. The van der Waals surface area contributed by atoms with Gasteiger partial charge >= 0.3 is 5.97 Å². The summed E-state index contributed by atoms with van der Waals surface area (Å²) in [6.45, 7) is 0. The molecule has 1 fully saturated rings. The average Bonchev–Trinajstić information content (AvgIpc) is 2.12. The van der Waals surface area contributed by atoms with E-state index in [-0.39, 0.29) is 5.56 Å². The first-order chi connectivity index (χ1) is 7.16. The van der Waals surface area contributed by atoms with Gasteiger partial charge in [-0.15, -0.1) is 0 Å². The number of nitrogens with zero attached hydrogens (tertiary/aromatic N) is 1. The molecular weight excluding hydrogens is 216 g/mol. The molecule has 1 saturated carbocycles. The van der Waals surface area contributed by atoms with Gasteiger partial charge in [-0.1, -0.05) is 11.6 Å². The first-order valence-corrected chi connectivity index (χ1v) is 5.20. The molecule has 0 bridgehead atoms. The predicted molar refractivity (Wildman–Crippen MR) is 57.5 cm³/mol. The summed E-state index contributed by atoms with van der Waals surface area (Å²) in [4.78, 5) is 14.6. The Hall–Kier alpha value is -1.29. The molecule has 0 unspecified atom stereocenters. The number of pyridine rings is 1. The van der Waals surface area contributed by atoms with E-state index in [1.54, 1.807) is 0 Å². The molecule has 1 aromatic heterocycles. The van der Waals surface area contributed by atoms with Crippen LogP contribution in [0, 0.1) is 0 Å². The van der Waals surface area contributed by atoms with Gasteiger partial charge in [-0.25, -0.2) is 9.78 Å². The normalized spacial score (nSPS) is 15.8. The summed E-state index contributed by atoms with van der Waals surface area (Å²) in [5.41, 5.74) is 0.110. The second-order valence-corrected chi connectivity index (χ2v) is 4.04. The van der Waals surface area contributed by atoms with Crippen molar-refractivity contribution < 1.29 is 9.90 Å². The fourth-order valence-electron chi connectivity index (χ4n) is 1.41. The Morgan fingerprint density at radius 1 is 1.60 bits per heavy atom. The molecule has 1 heterocycles. The Bertz CT molecular complexity index is 391. The molecule has 2 N–H and O–H groups in total. The second kappa shape index (κ2) is 4.06. The Morgan fingerprint density at radius 2 is 2.33 bits per heavy atom. The predicted octanol–water partition coefficient (Wildman–Crippen LogP) is 2.40. The van der Waals surface area contributed by atoms with E-state index in [2.05, 4.69) is 10.3 Å². The van der Waals surface area contributed by atoms with Crippen LogP contribution < -0.4 is 5.32 Å². The highest BCUT2D eigenvalue weighted by atomic mass is 35.5. The zero-order valence-corrected chi connectivity index (χ0v) is 8.79. The summed E-state index contributed by atoms with van der Waals surface area (Å²) in [5, 5.41) is 12.3. The van der Waals surface area contributed by atoms with Crippen LogP contribution in [0.1, 0.15) is 29.6 Å². The van der Waals surface area contributed by atoms with Crippen molar-refractivity contribution in [2.75, 3.05) is 5.32 Å². The zero-order valence-electron chi connectivity index (χ0n) is 8.03. The fraction of sp³-hybridized carbons (Fsp3) is 0.400. The van der Waals surface area contributed by atoms with Crippen LogP contribution in [-0.4, -0.2) is 22.1 Å². The Balaban J connectivity index is 2.14. The minimum Gasteiger partial charge on any atom is -0.478 e. The minimum atomic E-state index is -1.01. The number of halogens is 1. The van der Waals surface area contributed by atoms with Gasteiger partial charge in [0, 0.05) is 12.2 Å². The average molecular weight is 227 g/mol. The third-order valence-corrected chi connectivity index (χ3v) is 2.82. The van der Waals surface area contributed by atoms with E-state index in [0.717, 1.165) is 12.8 Å². The third-order valence-electron chi connectivity index (χ3n) is 2.53. The zero-order chi connectivity index (χ0) is 10.8. The van der Waals surface area contributed by atoms with E-state index in [9.17, 15) is 4.79 Å². The first-order valence-electron chi connectivity index (χ1n) is 4.82. The summed E-state index contributed by atoms with van der Waals surface area (Å²) < 4.78 is 0. The molecule has 0 radical (unpaired) electrons. The molecule has 2 rings (SSSR count). The van der Waals surface area contributed by atoms with Gasteiger partial charge in [0.2, 0.25) is 0 Å². The minimum absolute atomic E-state index is 0.110. The summed E-state index contributed by atoms with van der Waals surface area (Å²) in [6, 6.07) is 1.85. The van der Waals surface area contributed by atoms with Crippen molar-refractivity contribution in [2.45, 2.75) is 25.3 Å². The highest BCUT2D eigenvalue weighted by molar-refractivity contribution is 6.33. The number of aromatic nitrogens is 1. The van der Waals surface area contributed by atoms with Gasteiger partial charge in [0.25, 0.3) is 0 Å². The molecule has 0 spiro atoms. The lowest BCUT2D eigenvalue weighted by Crippen LogP contribution is -2.27. The monoisotopic (exact) mass is 226 g/mol. The van der Waals surface area contributed by atoms with Crippen molar-refractivity contribution in [1.29, 1.82) is 0 Å². The Morgan fingerprint density at radius 3 is 2.80 bits per heavy atom. The van der Waals surface area contributed by atoms with Gasteiger partial charge in [-0.3, -0.25) is 0 Å². The second-order valence-electron chi connectivity index (χ2n) is 3.63. The van der Waals surface area contributed by atoms with E-state index in [1.165, 1.54) is 18.7 Å². The van der Waals surface area contributed by atoms with Gasteiger partial charge in [0.1, 0.15) is 5.82 Å². The summed E-state index contributed by atoms with van der Waals surface area (Å²) in [7, 11) is 0. The number of rotatable bonds is 3. The number of carbonyl (C=O) groups is 1. The third kappa shape index (κ3) is 2.21. The SMILES string of the molecule is O=C(O)c1cnc(NC2CCC2)c(Cl)c1. The summed E-state index contributed by atoms with van der Waals surface area (Å²) in [6.07, 6.45) is 4.79. The maximum Gasteiger partial charge on any atom is 0.337 e. The van der Waals surface area contributed by atoms with Crippen LogP contribution in [0.5, 0.6) is 0 Å². The molecule has 1 aromatic rings. The molecule has 0 saturated heterocycles. The molecule has 0 aromatic carbocycles. The number of aromatic carboxylic acids is 1. The molecule has 4 nitrogen and oxygen atoms in total. The van der Waals surface area contributed by atoms with Gasteiger partial charge in [-0.2, -0.15) is 0 Å². The summed E-state index contributed by atoms with van der Waals surface area (Å²) >= 11 is 5.91. The standard InChI is InChI=1S/C10H11ClN2O2/c11-8-4-6(10(14)15)5-12-9(8)13-7-2-1-3-7/h4-5,7H,1-3H2,(H,12,13)(H,14,15). The maximum atomic E-state index is 10.6. The van der Waals surface area contributed by atoms with Crippen LogP contribution in [0.4, 0.5) is 5.82 Å². The van der Waals surface area contributed by atoms with Crippen LogP contribution in [0.15, 0.2) is 12.3 Å². The number of hydrogen-bond donors (Lipinski definition) is 2. The lowest BCUT2D eigenvalue weighted by molar-refractivity contribution is 0.0696. The molecule has 1 aliphatic rings. The molecule has 1 aliphatic carbocycles. The molecule has 5 heteroatoms. The topological polar surface area (TPSA) is 62.2 Å². The molecule has 0 atom stereocenters. The van der Waals surface area contributed by atoms with Crippen molar-refractivity contribution in [3.05, 3.63) is 22.8 Å². The Labute approximate surface area is 92.3 Å². The van der Waals surface area contributed by atoms with Crippen LogP contribution in [0.3, 0.4) is 0 Å². The first kappa shape index (κ1) is 10.2. The molecular formula is C10H11ClN2O2. The number of hydrogen-bond acceptors (Lipinski definition) is 3. The van der Waals surface area contributed by atoms with E-state index in [4.69, 9.17) is 16.7 Å². The van der Waals surface area contributed by atoms with Gasteiger partial charge < -0.3 is 10.4 Å². The van der Waals surface area contributed by atoms with E-state index >= 15 is 0 Å².